The van der Waals surface area contributed by atoms with Gasteiger partial charge in [0.05, 0.1) is 33.7 Å². The van der Waals surface area contributed by atoms with E-state index in [-0.39, 0.29) is 12.1 Å². The highest BCUT2D eigenvalue weighted by Gasteiger charge is 2.28. The van der Waals surface area contributed by atoms with E-state index in [0.29, 0.717) is 34.1 Å². The minimum atomic E-state index is -1.25. The summed E-state index contributed by atoms with van der Waals surface area (Å²) in [4.78, 5) is 24.8. The standard InChI is InChI=1S/C28H28N6O3S/c1-18(2)37-28(35)33-20-8-6-19(7-9-20)27-24(15-29)23-11-10-22(14-25(23)34(27)21-4-3-5-21)38(36)13-12-26-31-16-30-17-32-26/h6-11,14,16-18,21H,3-5,12-13H2,1-2H3,(H,33,35). The first-order chi connectivity index (χ1) is 18.4. The molecule has 5 rings (SSSR count). The van der Waals surface area contributed by atoms with Crippen LogP contribution < -0.4 is 5.32 Å². The first kappa shape index (κ1) is 25.5. The van der Waals surface area contributed by atoms with E-state index in [1.54, 1.807) is 13.8 Å². The minimum absolute atomic E-state index is 0.214. The van der Waals surface area contributed by atoms with Crippen molar-refractivity contribution in [1.82, 2.24) is 19.5 Å². The lowest BCUT2D eigenvalue weighted by Gasteiger charge is -2.30. The minimum Gasteiger partial charge on any atom is -0.447 e. The monoisotopic (exact) mass is 528 g/mol. The number of hydrogen-bond acceptors (Lipinski definition) is 7. The van der Waals surface area contributed by atoms with E-state index in [9.17, 15) is 14.3 Å². The molecule has 194 valence electrons. The second-order valence-electron chi connectivity index (χ2n) is 9.48. The Kier molecular flexibility index (Phi) is 7.47. The number of nitrogens with one attached hydrogen (secondary N) is 1. The maximum atomic E-state index is 13.2. The summed E-state index contributed by atoms with van der Waals surface area (Å²) in [5.74, 6) is 1.00. The van der Waals surface area contributed by atoms with Crippen LogP contribution in [-0.2, 0) is 22.0 Å². The largest absolute Gasteiger partial charge is 0.447 e. The maximum absolute atomic E-state index is 13.2. The van der Waals surface area contributed by atoms with Gasteiger partial charge in [-0.25, -0.2) is 19.7 Å². The van der Waals surface area contributed by atoms with Crippen molar-refractivity contribution in [2.45, 2.75) is 56.6 Å². The lowest BCUT2D eigenvalue weighted by molar-refractivity contribution is 0.130. The summed E-state index contributed by atoms with van der Waals surface area (Å²) in [5.41, 5.74) is 3.84. The maximum Gasteiger partial charge on any atom is 0.411 e. The van der Waals surface area contributed by atoms with Gasteiger partial charge in [-0.1, -0.05) is 18.2 Å². The van der Waals surface area contributed by atoms with Crippen molar-refractivity contribution in [1.29, 1.82) is 5.26 Å². The third-order valence-electron chi connectivity index (χ3n) is 6.60. The number of carbonyl (C=O) groups is 1. The van der Waals surface area contributed by atoms with E-state index in [1.165, 1.54) is 12.7 Å². The average molecular weight is 529 g/mol. The molecule has 2 aromatic heterocycles. The number of nitrogens with zero attached hydrogens (tertiary/aromatic N) is 5. The molecule has 0 spiro atoms. The smallest absolute Gasteiger partial charge is 0.411 e. The molecule has 1 fully saturated rings. The number of aryl methyl sites for hydroxylation is 1. The van der Waals surface area contributed by atoms with Crippen molar-refractivity contribution in [3.05, 3.63) is 66.5 Å². The third kappa shape index (κ3) is 5.29. The lowest BCUT2D eigenvalue weighted by Crippen LogP contribution is -2.18. The summed E-state index contributed by atoms with van der Waals surface area (Å²) in [7, 11) is -1.25. The summed E-state index contributed by atoms with van der Waals surface area (Å²) < 4.78 is 20.6. The van der Waals surface area contributed by atoms with Crippen LogP contribution in [0, 0.1) is 11.3 Å². The second kappa shape index (κ2) is 11.1. The number of amides is 1. The molecule has 10 heteroatoms. The fourth-order valence-corrected chi connectivity index (χ4v) is 5.69. The van der Waals surface area contributed by atoms with Gasteiger partial charge in [0, 0.05) is 34.2 Å². The van der Waals surface area contributed by atoms with Gasteiger partial charge in [-0.3, -0.25) is 9.53 Å². The molecule has 1 saturated carbocycles. The fourth-order valence-electron chi connectivity index (χ4n) is 4.62. The summed E-state index contributed by atoms with van der Waals surface area (Å²) >= 11 is 0. The molecule has 9 nitrogen and oxygen atoms in total. The highest BCUT2D eigenvalue weighted by atomic mass is 32.2. The number of benzene rings is 2. The first-order valence-corrected chi connectivity index (χ1v) is 13.9. The van der Waals surface area contributed by atoms with Crippen molar-refractivity contribution in [2.24, 2.45) is 0 Å². The number of fused-ring (bicyclic) bond motifs is 1. The number of nitriles is 1. The summed E-state index contributed by atoms with van der Waals surface area (Å²) in [5, 5.41) is 13.8. The van der Waals surface area contributed by atoms with E-state index in [2.05, 4.69) is 30.9 Å². The molecule has 1 unspecified atom stereocenters. The molecular weight excluding hydrogens is 500 g/mol. The molecule has 2 heterocycles. The lowest BCUT2D eigenvalue weighted by atomic mass is 9.92. The molecule has 1 N–H and O–H groups in total. The van der Waals surface area contributed by atoms with E-state index < -0.39 is 16.9 Å². The average Bonchev–Trinajstić information content (AvgIpc) is 3.20. The van der Waals surface area contributed by atoms with Gasteiger partial charge >= 0.3 is 6.09 Å². The highest BCUT2D eigenvalue weighted by molar-refractivity contribution is 7.85. The Hall–Kier alpha value is -4.10. The van der Waals surface area contributed by atoms with Crippen LogP contribution in [0.3, 0.4) is 0 Å². The van der Waals surface area contributed by atoms with Crippen LogP contribution in [0.2, 0.25) is 0 Å². The Bertz CT molecular complexity index is 1520. The van der Waals surface area contributed by atoms with Gasteiger partial charge in [-0.15, -0.1) is 0 Å². The molecule has 38 heavy (non-hydrogen) atoms. The van der Waals surface area contributed by atoms with E-state index in [4.69, 9.17) is 4.74 Å². The molecule has 1 aliphatic carbocycles. The van der Waals surface area contributed by atoms with Gasteiger partial charge in [0.15, 0.2) is 0 Å². The summed E-state index contributed by atoms with van der Waals surface area (Å²) in [6.07, 6.45) is 5.81. The third-order valence-corrected chi connectivity index (χ3v) is 7.95. The van der Waals surface area contributed by atoms with Crippen LogP contribution in [0.4, 0.5) is 10.5 Å². The van der Waals surface area contributed by atoms with Gasteiger partial charge in [0.25, 0.3) is 0 Å². The van der Waals surface area contributed by atoms with Crippen LogP contribution in [0.1, 0.15) is 50.5 Å². The Balaban J connectivity index is 1.49. The quantitative estimate of drug-likeness (QED) is 0.325. The van der Waals surface area contributed by atoms with Crippen molar-refractivity contribution >= 4 is 33.5 Å². The number of anilines is 1. The SMILES string of the molecule is CC(C)OC(=O)Nc1ccc(-c2c(C#N)c3ccc(S(=O)CCc4ncncn4)cc3n2C2CCC2)cc1. The van der Waals surface area contributed by atoms with Gasteiger partial charge in [0.1, 0.15) is 24.5 Å². The zero-order chi connectivity index (χ0) is 26.6. The van der Waals surface area contributed by atoms with Crippen LogP contribution in [0.5, 0.6) is 0 Å². The Morgan fingerprint density at radius 2 is 1.92 bits per heavy atom. The van der Waals surface area contributed by atoms with Crippen molar-refractivity contribution in [2.75, 3.05) is 11.1 Å². The van der Waals surface area contributed by atoms with Crippen molar-refractivity contribution in [3.8, 4) is 17.3 Å². The number of rotatable bonds is 8. The van der Waals surface area contributed by atoms with Gasteiger partial charge < -0.3 is 9.30 Å². The Morgan fingerprint density at radius 1 is 1.18 bits per heavy atom. The molecule has 1 amide bonds. The van der Waals surface area contributed by atoms with E-state index in [0.717, 1.165) is 41.4 Å². The molecule has 0 saturated heterocycles. The molecule has 1 aliphatic rings. The molecule has 1 atom stereocenters. The fraction of sp³-hybridized carbons (Fsp3) is 0.321. The van der Waals surface area contributed by atoms with Crippen LogP contribution >= 0.6 is 0 Å². The van der Waals surface area contributed by atoms with Crippen molar-refractivity contribution < 1.29 is 13.7 Å². The zero-order valence-electron chi connectivity index (χ0n) is 21.3. The number of carbonyl (C=O) groups excluding carboxylic acids is 1. The molecule has 0 radical (unpaired) electrons. The van der Waals surface area contributed by atoms with Gasteiger partial charge in [-0.2, -0.15) is 5.26 Å². The summed E-state index contributed by atoms with van der Waals surface area (Å²) in [6, 6.07) is 15.8. The van der Waals surface area contributed by atoms with Crippen LogP contribution in [0.15, 0.2) is 60.0 Å². The molecular formula is C28H28N6O3S. The molecule has 4 aromatic rings. The van der Waals surface area contributed by atoms with E-state index in [1.807, 2.05) is 42.5 Å². The molecule has 2 aromatic carbocycles. The Morgan fingerprint density at radius 3 is 2.55 bits per heavy atom. The number of ether oxygens (including phenoxy) is 1. The molecule has 0 bridgehead atoms. The Labute approximate surface area is 223 Å². The predicted octanol–water partition coefficient (Wildman–Crippen LogP) is 5.40. The van der Waals surface area contributed by atoms with Gasteiger partial charge in [0.2, 0.25) is 0 Å². The summed E-state index contributed by atoms with van der Waals surface area (Å²) in [6.45, 7) is 3.59. The van der Waals surface area contributed by atoms with Crippen LogP contribution in [-0.4, -0.2) is 41.7 Å². The number of hydrogen-bond donors (Lipinski definition) is 1. The second-order valence-corrected chi connectivity index (χ2v) is 11.1. The number of aromatic nitrogens is 4. The first-order valence-electron chi connectivity index (χ1n) is 12.6. The van der Waals surface area contributed by atoms with Crippen molar-refractivity contribution in [3.63, 3.8) is 0 Å². The topological polar surface area (TPSA) is 123 Å². The normalized spacial score (nSPS) is 14.2. The zero-order valence-corrected chi connectivity index (χ0v) is 22.1. The highest BCUT2D eigenvalue weighted by Crippen LogP contribution is 2.43. The van der Waals surface area contributed by atoms with Gasteiger partial charge in [-0.05, 0) is 62.9 Å². The van der Waals surface area contributed by atoms with E-state index >= 15 is 0 Å². The van der Waals surface area contributed by atoms with Crippen LogP contribution in [0.25, 0.3) is 22.2 Å². The predicted molar refractivity (Wildman–Crippen MR) is 145 cm³/mol. The molecule has 0 aliphatic heterocycles.